The van der Waals surface area contributed by atoms with Crippen LogP contribution >= 0.6 is 0 Å². The van der Waals surface area contributed by atoms with Crippen LogP contribution in [0.5, 0.6) is 5.75 Å². The van der Waals surface area contributed by atoms with Crippen molar-refractivity contribution < 1.29 is 5.11 Å². The van der Waals surface area contributed by atoms with Crippen molar-refractivity contribution in [3.63, 3.8) is 0 Å². The molecule has 1 N–H and O–H groups in total. The van der Waals surface area contributed by atoms with E-state index in [1.165, 1.54) is 0 Å². The number of aryl methyl sites for hydroxylation is 1. The fraction of sp³-hybridized carbons (Fsp3) is 0.769. The third-order valence-electron chi connectivity index (χ3n) is 2.76. The highest BCUT2D eigenvalue weighted by atomic mass is 16.3. The molecule has 0 saturated carbocycles. The quantitative estimate of drug-likeness (QED) is 0.852. The van der Waals surface area contributed by atoms with Crippen LogP contribution < -0.4 is 0 Å². The summed E-state index contributed by atoms with van der Waals surface area (Å²) >= 11 is 0. The van der Waals surface area contributed by atoms with Crippen LogP contribution in [-0.2, 0) is 18.4 Å². The molecule has 1 aromatic heterocycles. The summed E-state index contributed by atoms with van der Waals surface area (Å²) in [6.07, 6.45) is 3.93. The summed E-state index contributed by atoms with van der Waals surface area (Å²) in [5, 5.41) is 14.6. The van der Waals surface area contributed by atoms with Gasteiger partial charge in [-0.05, 0) is 40.0 Å². The molecule has 0 amide bonds. The van der Waals surface area contributed by atoms with E-state index in [0.29, 0.717) is 5.75 Å². The first kappa shape index (κ1) is 13.1. The monoisotopic (exact) mass is 224 g/mol. The second-order valence-corrected chi connectivity index (χ2v) is 5.28. The zero-order chi connectivity index (χ0) is 12.3. The lowest BCUT2D eigenvalue weighted by atomic mass is 10.1. The molecule has 0 radical (unpaired) electrons. The Labute approximate surface area is 98.5 Å². The van der Waals surface area contributed by atoms with Crippen molar-refractivity contribution in [2.75, 3.05) is 0 Å². The number of aromatic nitrogens is 2. The van der Waals surface area contributed by atoms with Crippen LogP contribution in [0.15, 0.2) is 0 Å². The fourth-order valence-corrected chi connectivity index (χ4v) is 1.86. The topological polar surface area (TPSA) is 38.1 Å². The third-order valence-corrected chi connectivity index (χ3v) is 2.76. The van der Waals surface area contributed by atoms with Crippen molar-refractivity contribution in [2.45, 2.75) is 65.8 Å². The lowest BCUT2D eigenvalue weighted by molar-refractivity contribution is 0.337. The van der Waals surface area contributed by atoms with Crippen LogP contribution in [0.25, 0.3) is 0 Å². The number of aromatic hydroxyl groups is 1. The van der Waals surface area contributed by atoms with Gasteiger partial charge in [0, 0.05) is 0 Å². The van der Waals surface area contributed by atoms with E-state index >= 15 is 0 Å². The molecule has 3 nitrogen and oxygen atoms in total. The van der Waals surface area contributed by atoms with Crippen LogP contribution in [0.2, 0.25) is 0 Å². The van der Waals surface area contributed by atoms with Crippen LogP contribution in [-0.4, -0.2) is 14.9 Å². The Balaban J connectivity index is 3.14. The largest absolute Gasteiger partial charge is 0.504 e. The maximum absolute atomic E-state index is 10.1. The van der Waals surface area contributed by atoms with E-state index in [0.717, 1.165) is 37.1 Å². The summed E-state index contributed by atoms with van der Waals surface area (Å²) in [5.41, 5.74) is 1.75. The normalized spacial score (nSPS) is 12.1. The lowest BCUT2D eigenvalue weighted by Gasteiger charge is -2.22. The van der Waals surface area contributed by atoms with Crippen molar-refractivity contribution in [2.24, 2.45) is 0 Å². The molecule has 0 spiro atoms. The lowest BCUT2D eigenvalue weighted by Crippen LogP contribution is -2.25. The Kier molecular flexibility index (Phi) is 4.00. The van der Waals surface area contributed by atoms with Crippen LogP contribution in [0.1, 0.15) is 58.8 Å². The van der Waals surface area contributed by atoms with Crippen LogP contribution in [0, 0.1) is 0 Å². The van der Waals surface area contributed by atoms with E-state index in [4.69, 9.17) is 0 Å². The first-order valence-corrected chi connectivity index (χ1v) is 6.22. The predicted octanol–water partition coefficient (Wildman–Crippen LogP) is 3.25. The molecular formula is C13H24N2O. The van der Waals surface area contributed by atoms with Gasteiger partial charge < -0.3 is 5.11 Å². The van der Waals surface area contributed by atoms with Gasteiger partial charge in [-0.1, -0.05) is 20.3 Å². The molecule has 0 atom stereocenters. The highest BCUT2D eigenvalue weighted by Crippen LogP contribution is 2.29. The Morgan fingerprint density at radius 2 is 1.88 bits per heavy atom. The molecule has 0 aliphatic heterocycles. The molecular weight excluding hydrogens is 200 g/mol. The van der Waals surface area contributed by atoms with E-state index in [2.05, 4.69) is 32.8 Å². The average Bonchev–Trinajstić information content (AvgIpc) is 2.52. The van der Waals surface area contributed by atoms with Gasteiger partial charge in [-0.25, -0.2) is 0 Å². The summed E-state index contributed by atoms with van der Waals surface area (Å²) in [4.78, 5) is 0. The van der Waals surface area contributed by atoms with Gasteiger partial charge in [0.2, 0.25) is 0 Å². The number of hydrogen-bond donors (Lipinski definition) is 1. The fourth-order valence-electron chi connectivity index (χ4n) is 1.86. The molecule has 3 heteroatoms. The average molecular weight is 224 g/mol. The predicted molar refractivity (Wildman–Crippen MR) is 66.9 cm³/mol. The number of nitrogens with zero attached hydrogens (tertiary/aromatic N) is 2. The second-order valence-electron chi connectivity index (χ2n) is 5.28. The zero-order valence-corrected chi connectivity index (χ0v) is 11.2. The first-order valence-electron chi connectivity index (χ1n) is 6.22. The van der Waals surface area contributed by atoms with Gasteiger partial charge in [0.1, 0.15) is 5.69 Å². The summed E-state index contributed by atoms with van der Waals surface area (Å²) in [6, 6.07) is 0. The van der Waals surface area contributed by atoms with E-state index in [1.807, 2.05) is 11.6 Å². The molecule has 1 aromatic rings. The van der Waals surface area contributed by atoms with E-state index in [1.54, 1.807) is 0 Å². The standard InChI is InChI=1S/C13H24N2O/c1-6-8-9-11-12(16)10(7-2)14-15(11)13(3,4)5/h16H,6-9H2,1-5H3. The Bertz CT molecular complexity index is 348. The molecule has 0 aliphatic rings. The van der Waals surface area contributed by atoms with E-state index in [-0.39, 0.29) is 5.54 Å². The minimum Gasteiger partial charge on any atom is -0.504 e. The highest BCUT2D eigenvalue weighted by molar-refractivity contribution is 5.33. The second kappa shape index (κ2) is 4.89. The smallest absolute Gasteiger partial charge is 0.160 e. The van der Waals surface area contributed by atoms with E-state index < -0.39 is 0 Å². The highest BCUT2D eigenvalue weighted by Gasteiger charge is 2.23. The molecule has 0 fully saturated rings. The Morgan fingerprint density at radius 1 is 1.25 bits per heavy atom. The Morgan fingerprint density at radius 3 is 2.31 bits per heavy atom. The van der Waals surface area contributed by atoms with Crippen molar-refractivity contribution in [3.05, 3.63) is 11.4 Å². The van der Waals surface area contributed by atoms with Gasteiger partial charge in [-0.3, -0.25) is 4.68 Å². The van der Waals surface area contributed by atoms with Crippen molar-refractivity contribution in [1.29, 1.82) is 0 Å². The zero-order valence-electron chi connectivity index (χ0n) is 11.2. The molecule has 16 heavy (non-hydrogen) atoms. The minimum atomic E-state index is -0.0615. The van der Waals surface area contributed by atoms with Crippen molar-refractivity contribution >= 4 is 0 Å². The summed E-state index contributed by atoms with van der Waals surface area (Å²) in [7, 11) is 0. The molecule has 1 heterocycles. The van der Waals surface area contributed by atoms with Crippen LogP contribution in [0.4, 0.5) is 0 Å². The summed E-state index contributed by atoms with van der Waals surface area (Å²) in [5.74, 6) is 0.408. The molecule has 0 bridgehead atoms. The summed E-state index contributed by atoms with van der Waals surface area (Å²) in [6.45, 7) is 10.5. The molecule has 92 valence electrons. The van der Waals surface area contributed by atoms with Gasteiger partial charge in [-0.2, -0.15) is 5.10 Å². The van der Waals surface area contributed by atoms with Gasteiger partial charge >= 0.3 is 0 Å². The maximum atomic E-state index is 10.1. The Hall–Kier alpha value is -0.990. The van der Waals surface area contributed by atoms with Crippen molar-refractivity contribution in [3.8, 4) is 5.75 Å². The third kappa shape index (κ3) is 2.57. The molecule has 0 aliphatic carbocycles. The SMILES string of the molecule is CCCCc1c(O)c(CC)nn1C(C)(C)C. The van der Waals surface area contributed by atoms with Gasteiger partial charge in [0.15, 0.2) is 5.75 Å². The number of hydrogen-bond acceptors (Lipinski definition) is 2. The molecule has 0 aromatic carbocycles. The maximum Gasteiger partial charge on any atom is 0.160 e. The van der Waals surface area contributed by atoms with Crippen LogP contribution in [0.3, 0.4) is 0 Å². The first-order chi connectivity index (χ1) is 7.41. The van der Waals surface area contributed by atoms with E-state index in [9.17, 15) is 5.11 Å². The summed E-state index contributed by atoms with van der Waals surface area (Å²) < 4.78 is 1.98. The van der Waals surface area contributed by atoms with Gasteiger partial charge in [-0.15, -0.1) is 0 Å². The number of rotatable bonds is 4. The van der Waals surface area contributed by atoms with Gasteiger partial charge in [0.25, 0.3) is 0 Å². The molecule has 0 saturated heterocycles. The molecule has 0 unspecified atom stereocenters. The minimum absolute atomic E-state index is 0.0615. The molecule has 1 rings (SSSR count). The van der Waals surface area contributed by atoms with Gasteiger partial charge in [0.05, 0.1) is 11.2 Å². The van der Waals surface area contributed by atoms with Crippen molar-refractivity contribution in [1.82, 2.24) is 9.78 Å². The number of unbranched alkanes of at least 4 members (excludes halogenated alkanes) is 1.